The minimum atomic E-state index is -1.01. The Morgan fingerprint density at radius 1 is 1.25 bits per heavy atom. The van der Waals surface area contributed by atoms with Crippen LogP contribution in [0.2, 0.25) is 0 Å². The first-order valence-corrected chi connectivity index (χ1v) is 6.79. The highest BCUT2D eigenvalue weighted by Crippen LogP contribution is 2.09. The fourth-order valence-electron chi connectivity index (χ4n) is 1.84. The molecule has 5 nitrogen and oxygen atoms in total. The Labute approximate surface area is 119 Å². The molecule has 1 rings (SSSR count). The van der Waals surface area contributed by atoms with Gasteiger partial charge < -0.3 is 15.3 Å². The van der Waals surface area contributed by atoms with E-state index < -0.39 is 12.0 Å². The predicted molar refractivity (Wildman–Crippen MR) is 77.4 cm³/mol. The minimum Gasteiger partial charge on any atom is -0.480 e. The van der Waals surface area contributed by atoms with Crippen LogP contribution in [0.15, 0.2) is 30.3 Å². The van der Waals surface area contributed by atoms with Gasteiger partial charge in [0.25, 0.3) is 0 Å². The summed E-state index contributed by atoms with van der Waals surface area (Å²) in [6.07, 6.45) is 0.359. The van der Waals surface area contributed by atoms with Crippen LogP contribution in [-0.4, -0.2) is 34.1 Å². The highest BCUT2D eigenvalue weighted by Gasteiger charge is 2.23. The predicted octanol–water partition coefficient (Wildman–Crippen LogP) is 2.47. The van der Waals surface area contributed by atoms with Gasteiger partial charge in [0.1, 0.15) is 6.04 Å². The van der Waals surface area contributed by atoms with E-state index in [2.05, 4.69) is 5.32 Å². The van der Waals surface area contributed by atoms with Crippen LogP contribution in [0.3, 0.4) is 0 Å². The highest BCUT2D eigenvalue weighted by atomic mass is 16.4. The molecule has 2 amide bonds. The van der Waals surface area contributed by atoms with Crippen LogP contribution in [0.5, 0.6) is 0 Å². The largest absolute Gasteiger partial charge is 0.480 e. The van der Waals surface area contributed by atoms with Gasteiger partial charge in [0.05, 0.1) is 0 Å². The normalized spacial score (nSPS) is 12.0. The molecule has 1 aromatic carbocycles. The average Bonchev–Trinajstić information content (AvgIpc) is 2.42. The second kappa shape index (κ2) is 7.53. The highest BCUT2D eigenvalue weighted by molar-refractivity contribution is 5.82. The number of carbonyl (C=O) groups is 2. The molecule has 0 unspecified atom stereocenters. The summed E-state index contributed by atoms with van der Waals surface area (Å²) in [7, 11) is 0. The molecule has 1 aromatic rings. The number of carbonyl (C=O) groups excluding carboxylic acids is 1. The standard InChI is InChI=1S/C15H22N2O3/c1-4-13(14(18)19)16-15(20)17(11(2)3)10-12-8-6-5-7-9-12/h5-9,11,13H,4,10H2,1-3H3,(H,16,20)(H,18,19)/t13-/m1/s1. The van der Waals surface area contributed by atoms with Crippen molar-refractivity contribution >= 4 is 12.0 Å². The summed E-state index contributed by atoms with van der Waals surface area (Å²) >= 11 is 0. The molecule has 110 valence electrons. The van der Waals surface area contributed by atoms with E-state index in [1.165, 1.54) is 0 Å². The smallest absolute Gasteiger partial charge is 0.326 e. The number of benzene rings is 1. The zero-order valence-electron chi connectivity index (χ0n) is 12.2. The van der Waals surface area contributed by atoms with Gasteiger partial charge in [-0.15, -0.1) is 0 Å². The number of nitrogens with one attached hydrogen (secondary N) is 1. The monoisotopic (exact) mass is 278 g/mol. The molecule has 0 saturated carbocycles. The summed E-state index contributed by atoms with van der Waals surface area (Å²) in [5, 5.41) is 11.6. The van der Waals surface area contributed by atoms with Gasteiger partial charge in [-0.3, -0.25) is 0 Å². The summed E-state index contributed by atoms with van der Waals surface area (Å²) in [5.41, 5.74) is 1.01. The SMILES string of the molecule is CC[C@@H](NC(=O)N(Cc1ccccc1)C(C)C)C(=O)O. The Bertz CT molecular complexity index is 446. The van der Waals surface area contributed by atoms with Gasteiger partial charge in [0, 0.05) is 12.6 Å². The average molecular weight is 278 g/mol. The Morgan fingerprint density at radius 3 is 2.30 bits per heavy atom. The molecule has 0 saturated heterocycles. The first-order valence-electron chi connectivity index (χ1n) is 6.79. The Balaban J connectivity index is 2.75. The van der Waals surface area contributed by atoms with Crippen molar-refractivity contribution in [3.8, 4) is 0 Å². The number of nitrogens with zero attached hydrogens (tertiary/aromatic N) is 1. The quantitative estimate of drug-likeness (QED) is 0.839. The van der Waals surface area contributed by atoms with Gasteiger partial charge in [0.15, 0.2) is 0 Å². The van der Waals surface area contributed by atoms with Crippen LogP contribution in [0, 0.1) is 0 Å². The molecule has 0 radical (unpaired) electrons. The second-order valence-corrected chi connectivity index (χ2v) is 4.96. The molecule has 0 aliphatic carbocycles. The molecule has 20 heavy (non-hydrogen) atoms. The van der Waals surface area contributed by atoms with E-state index in [1.54, 1.807) is 11.8 Å². The first-order chi connectivity index (χ1) is 9.45. The molecule has 0 heterocycles. The lowest BCUT2D eigenvalue weighted by molar-refractivity contribution is -0.139. The number of carboxylic acid groups (broad SMARTS) is 1. The van der Waals surface area contributed by atoms with Gasteiger partial charge in [-0.25, -0.2) is 9.59 Å². The van der Waals surface area contributed by atoms with Crippen molar-refractivity contribution in [2.45, 2.75) is 45.8 Å². The van der Waals surface area contributed by atoms with Gasteiger partial charge in [-0.1, -0.05) is 37.3 Å². The Hall–Kier alpha value is -2.04. The molecule has 0 aliphatic heterocycles. The van der Waals surface area contributed by atoms with Crippen LogP contribution in [-0.2, 0) is 11.3 Å². The maximum atomic E-state index is 12.2. The molecular formula is C15H22N2O3. The van der Waals surface area contributed by atoms with Gasteiger partial charge >= 0.3 is 12.0 Å². The lowest BCUT2D eigenvalue weighted by Gasteiger charge is -2.28. The van der Waals surface area contributed by atoms with Crippen molar-refractivity contribution in [2.24, 2.45) is 0 Å². The van der Waals surface area contributed by atoms with E-state index in [1.807, 2.05) is 44.2 Å². The summed E-state index contributed by atoms with van der Waals surface area (Å²) in [4.78, 5) is 24.8. The van der Waals surface area contributed by atoms with Crippen molar-refractivity contribution < 1.29 is 14.7 Å². The zero-order valence-corrected chi connectivity index (χ0v) is 12.2. The van der Waals surface area contributed by atoms with E-state index in [9.17, 15) is 9.59 Å². The summed E-state index contributed by atoms with van der Waals surface area (Å²) < 4.78 is 0. The van der Waals surface area contributed by atoms with Gasteiger partial charge in [0.2, 0.25) is 0 Å². The first kappa shape index (κ1) is 16.0. The van der Waals surface area contributed by atoms with E-state index >= 15 is 0 Å². The van der Waals surface area contributed by atoms with Crippen molar-refractivity contribution in [1.82, 2.24) is 10.2 Å². The third kappa shape index (κ3) is 4.57. The van der Waals surface area contributed by atoms with E-state index in [0.29, 0.717) is 13.0 Å². The molecule has 0 aliphatic rings. The third-order valence-corrected chi connectivity index (χ3v) is 3.08. The summed E-state index contributed by atoms with van der Waals surface area (Å²) in [5.74, 6) is -1.01. The molecule has 0 bridgehead atoms. The molecule has 5 heteroatoms. The summed E-state index contributed by atoms with van der Waals surface area (Å²) in [6.45, 7) is 6.00. The fourth-order valence-corrected chi connectivity index (χ4v) is 1.84. The molecule has 2 N–H and O–H groups in total. The van der Waals surface area contributed by atoms with Crippen LogP contribution in [0.4, 0.5) is 4.79 Å². The number of carboxylic acids is 1. The van der Waals surface area contributed by atoms with Crippen molar-refractivity contribution in [1.29, 1.82) is 0 Å². The van der Waals surface area contributed by atoms with Crippen LogP contribution < -0.4 is 5.32 Å². The second-order valence-electron chi connectivity index (χ2n) is 4.96. The van der Waals surface area contributed by atoms with E-state index in [4.69, 9.17) is 5.11 Å². The lowest BCUT2D eigenvalue weighted by atomic mass is 10.2. The fraction of sp³-hybridized carbons (Fsp3) is 0.467. The third-order valence-electron chi connectivity index (χ3n) is 3.08. The molecule has 0 spiro atoms. The van der Waals surface area contributed by atoms with E-state index in [0.717, 1.165) is 5.56 Å². The maximum absolute atomic E-state index is 12.2. The van der Waals surface area contributed by atoms with Crippen molar-refractivity contribution in [3.05, 3.63) is 35.9 Å². The van der Waals surface area contributed by atoms with Gasteiger partial charge in [-0.2, -0.15) is 0 Å². The molecule has 1 atom stereocenters. The molecular weight excluding hydrogens is 256 g/mol. The number of rotatable bonds is 6. The van der Waals surface area contributed by atoms with E-state index in [-0.39, 0.29) is 12.1 Å². The van der Waals surface area contributed by atoms with Gasteiger partial charge in [-0.05, 0) is 25.8 Å². The Kier molecular flexibility index (Phi) is 6.03. The van der Waals surface area contributed by atoms with Crippen LogP contribution >= 0.6 is 0 Å². The van der Waals surface area contributed by atoms with Crippen molar-refractivity contribution in [3.63, 3.8) is 0 Å². The molecule has 0 fully saturated rings. The number of hydrogen-bond donors (Lipinski definition) is 2. The molecule has 0 aromatic heterocycles. The number of urea groups is 1. The zero-order chi connectivity index (χ0) is 15.1. The number of hydrogen-bond acceptors (Lipinski definition) is 2. The van der Waals surface area contributed by atoms with Crippen molar-refractivity contribution in [2.75, 3.05) is 0 Å². The maximum Gasteiger partial charge on any atom is 0.326 e. The number of amides is 2. The minimum absolute atomic E-state index is 0.0125. The van der Waals surface area contributed by atoms with Crippen LogP contribution in [0.25, 0.3) is 0 Å². The Morgan fingerprint density at radius 2 is 1.85 bits per heavy atom. The lowest BCUT2D eigenvalue weighted by Crippen LogP contribution is -2.49. The number of aliphatic carboxylic acids is 1. The topological polar surface area (TPSA) is 69.6 Å². The summed E-state index contributed by atoms with van der Waals surface area (Å²) in [6, 6.07) is 8.42. The van der Waals surface area contributed by atoms with Crippen LogP contribution in [0.1, 0.15) is 32.8 Å².